The Balaban J connectivity index is 2.13. The van der Waals surface area contributed by atoms with Gasteiger partial charge in [0, 0.05) is 37.3 Å². The molecule has 0 aliphatic heterocycles. The molecule has 25 heavy (non-hydrogen) atoms. The number of anilines is 1. The molecule has 0 spiro atoms. The van der Waals surface area contributed by atoms with Crippen molar-refractivity contribution in [2.45, 2.75) is 20.3 Å². The molecule has 0 saturated carbocycles. The van der Waals surface area contributed by atoms with Gasteiger partial charge in [-0.05, 0) is 26.0 Å². The van der Waals surface area contributed by atoms with Gasteiger partial charge in [-0.1, -0.05) is 6.58 Å². The van der Waals surface area contributed by atoms with Crippen LogP contribution in [0.25, 0.3) is 11.0 Å². The van der Waals surface area contributed by atoms with Crippen LogP contribution < -0.4 is 15.3 Å². The van der Waals surface area contributed by atoms with Crippen molar-refractivity contribution in [3.63, 3.8) is 0 Å². The van der Waals surface area contributed by atoms with E-state index in [9.17, 15) is 9.59 Å². The molecule has 0 radical (unpaired) electrons. The zero-order chi connectivity index (χ0) is 18.2. The highest BCUT2D eigenvalue weighted by Gasteiger charge is 2.10. The first-order valence-electron chi connectivity index (χ1n) is 8.33. The Bertz CT molecular complexity index is 792. The number of hydrogen-bond acceptors (Lipinski definition) is 6. The van der Waals surface area contributed by atoms with Crippen LogP contribution in [0.15, 0.2) is 46.1 Å². The normalized spacial score (nSPS) is 10.5. The molecule has 134 valence electrons. The van der Waals surface area contributed by atoms with E-state index in [1.807, 2.05) is 18.2 Å². The smallest absolute Gasteiger partial charge is 0.339 e. The number of nitrogens with zero attached hydrogens (tertiary/aromatic N) is 1. The second-order valence-electron chi connectivity index (χ2n) is 5.36. The SMILES string of the molecule is C=CC(=O)OCCCOc1cc(=O)oc2cc(N(CC)CC)ccc12. The average molecular weight is 345 g/mol. The highest BCUT2D eigenvalue weighted by molar-refractivity contribution is 5.86. The van der Waals surface area contributed by atoms with Gasteiger partial charge in [-0.3, -0.25) is 0 Å². The summed E-state index contributed by atoms with van der Waals surface area (Å²) in [5.41, 5.74) is 1.02. The van der Waals surface area contributed by atoms with Crippen LogP contribution in [0.2, 0.25) is 0 Å². The second-order valence-corrected chi connectivity index (χ2v) is 5.36. The van der Waals surface area contributed by atoms with Gasteiger partial charge in [0.2, 0.25) is 0 Å². The molecule has 1 aromatic heterocycles. The van der Waals surface area contributed by atoms with Gasteiger partial charge in [-0.25, -0.2) is 9.59 Å². The Hall–Kier alpha value is -2.76. The largest absolute Gasteiger partial charge is 0.492 e. The first kappa shape index (κ1) is 18.6. The number of carbonyl (C=O) groups is 1. The monoisotopic (exact) mass is 345 g/mol. The lowest BCUT2D eigenvalue weighted by atomic mass is 10.2. The van der Waals surface area contributed by atoms with Crippen LogP contribution in [0.1, 0.15) is 20.3 Å². The van der Waals surface area contributed by atoms with Gasteiger partial charge in [0.15, 0.2) is 0 Å². The van der Waals surface area contributed by atoms with E-state index in [0.717, 1.165) is 30.2 Å². The number of fused-ring (bicyclic) bond motifs is 1. The highest BCUT2D eigenvalue weighted by atomic mass is 16.5. The van der Waals surface area contributed by atoms with Crippen molar-refractivity contribution in [1.82, 2.24) is 0 Å². The lowest BCUT2D eigenvalue weighted by Gasteiger charge is -2.21. The van der Waals surface area contributed by atoms with E-state index >= 15 is 0 Å². The van der Waals surface area contributed by atoms with E-state index < -0.39 is 11.6 Å². The third-order valence-corrected chi connectivity index (χ3v) is 3.78. The van der Waals surface area contributed by atoms with Gasteiger partial charge in [-0.2, -0.15) is 0 Å². The number of rotatable bonds is 9. The van der Waals surface area contributed by atoms with E-state index in [2.05, 4.69) is 25.3 Å². The summed E-state index contributed by atoms with van der Waals surface area (Å²) in [4.78, 5) is 24.9. The maximum absolute atomic E-state index is 11.8. The summed E-state index contributed by atoms with van der Waals surface area (Å²) in [6, 6.07) is 7.05. The molecule has 0 bridgehead atoms. The van der Waals surface area contributed by atoms with Gasteiger partial charge >= 0.3 is 11.6 Å². The molecule has 0 atom stereocenters. The van der Waals surface area contributed by atoms with Gasteiger partial charge in [0.05, 0.1) is 24.7 Å². The predicted octanol–water partition coefficient (Wildman–Crippen LogP) is 3.14. The maximum Gasteiger partial charge on any atom is 0.339 e. The van der Waals surface area contributed by atoms with Crippen LogP contribution in [-0.2, 0) is 9.53 Å². The number of esters is 1. The van der Waals surface area contributed by atoms with Crippen LogP contribution in [-0.4, -0.2) is 32.3 Å². The van der Waals surface area contributed by atoms with Crippen molar-refractivity contribution in [2.75, 3.05) is 31.2 Å². The average Bonchev–Trinajstić information content (AvgIpc) is 2.61. The molecule has 2 aromatic rings. The molecule has 6 nitrogen and oxygen atoms in total. The number of benzene rings is 1. The minimum Gasteiger partial charge on any atom is -0.492 e. The molecular weight excluding hydrogens is 322 g/mol. The molecule has 1 aromatic carbocycles. The molecule has 2 rings (SSSR count). The fraction of sp³-hybridized carbons (Fsp3) is 0.368. The summed E-state index contributed by atoms with van der Waals surface area (Å²) < 4.78 is 15.9. The van der Waals surface area contributed by atoms with Gasteiger partial charge < -0.3 is 18.8 Å². The van der Waals surface area contributed by atoms with Crippen molar-refractivity contribution in [3.05, 3.63) is 47.3 Å². The number of ether oxygens (including phenoxy) is 2. The van der Waals surface area contributed by atoms with Crippen molar-refractivity contribution in [2.24, 2.45) is 0 Å². The quantitative estimate of drug-likeness (QED) is 0.301. The summed E-state index contributed by atoms with van der Waals surface area (Å²) in [6.45, 7) is 9.76. The van der Waals surface area contributed by atoms with Crippen molar-refractivity contribution >= 4 is 22.6 Å². The molecule has 1 heterocycles. The zero-order valence-electron chi connectivity index (χ0n) is 14.6. The molecule has 0 fully saturated rings. The molecular formula is C19H23NO5. The summed E-state index contributed by atoms with van der Waals surface area (Å²) in [7, 11) is 0. The van der Waals surface area contributed by atoms with Crippen molar-refractivity contribution in [3.8, 4) is 5.75 Å². The molecule has 0 saturated heterocycles. The van der Waals surface area contributed by atoms with Gasteiger partial charge in [0.1, 0.15) is 11.3 Å². The fourth-order valence-electron chi connectivity index (χ4n) is 2.50. The van der Waals surface area contributed by atoms with E-state index in [0.29, 0.717) is 24.4 Å². The predicted molar refractivity (Wildman–Crippen MR) is 97.3 cm³/mol. The highest BCUT2D eigenvalue weighted by Crippen LogP contribution is 2.28. The second kappa shape index (κ2) is 8.92. The van der Waals surface area contributed by atoms with Crippen LogP contribution in [0, 0.1) is 0 Å². The summed E-state index contributed by atoms with van der Waals surface area (Å²) in [5, 5.41) is 0.735. The Kier molecular flexibility index (Phi) is 6.62. The van der Waals surface area contributed by atoms with E-state index in [4.69, 9.17) is 13.9 Å². The Labute approximate surface area is 146 Å². The summed E-state index contributed by atoms with van der Waals surface area (Å²) >= 11 is 0. The molecule has 0 amide bonds. The van der Waals surface area contributed by atoms with E-state index in [1.165, 1.54) is 6.07 Å². The first-order chi connectivity index (χ1) is 12.1. The Morgan fingerprint density at radius 3 is 2.68 bits per heavy atom. The Morgan fingerprint density at radius 2 is 2.00 bits per heavy atom. The zero-order valence-corrected chi connectivity index (χ0v) is 14.6. The Morgan fingerprint density at radius 1 is 1.24 bits per heavy atom. The molecule has 6 heteroatoms. The summed E-state index contributed by atoms with van der Waals surface area (Å²) in [5.74, 6) is 0.00197. The lowest BCUT2D eigenvalue weighted by molar-refractivity contribution is -0.137. The minimum absolute atomic E-state index is 0.232. The molecule has 0 N–H and O–H groups in total. The molecule has 0 unspecified atom stereocenters. The van der Waals surface area contributed by atoms with Crippen molar-refractivity contribution in [1.29, 1.82) is 0 Å². The van der Waals surface area contributed by atoms with Crippen LogP contribution in [0.4, 0.5) is 5.69 Å². The number of carbonyl (C=O) groups excluding carboxylic acids is 1. The van der Waals surface area contributed by atoms with Crippen LogP contribution in [0.5, 0.6) is 5.75 Å². The van der Waals surface area contributed by atoms with Crippen LogP contribution >= 0.6 is 0 Å². The number of hydrogen-bond donors (Lipinski definition) is 0. The minimum atomic E-state index is -0.463. The van der Waals surface area contributed by atoms with E-state index in [-0.39, 0.29) is 6.61 Å². The van der Waals surface area contributed by atoms with Crippen LogP contribution in [0.3, 0.4) is 0 Å². The lowest BCUT2D eigenvalue weighted by Crippen LogP contribution is -2.21. The van der Waals surface area contributed by atoms with Crippen molar-refractivity contribution < 1.29 is 18.7 Å². The summed E-state index contributed by atoms with van der Waals surface area (Å²) in [6.07, 6.45) is 1.63. The first-order valence-corrected chi connectivity index (χ1v) is 8.33. The molecule has 0 aliphatic carbocycles. The molecule has 0 aliphatic rings. The topological polar surface area (TPSA) is 69.0 Å². The van der Waals surface area contributed by atoms with E-state index in [1.54, 1.807) is 0 Å². The van der Waals surface area contributed by atoms with Gasteiger partial charge in [0.25, 0.3) is 0 Å². The third kappa shape index (κ3) is 4.86. The third-order valence-electron chi connectivity index (χ3n) is 3.78. The standard InChI is InChI=1S/C19H23NO5/c1-4-18(21)24-11-7-10-23-16-13-19(22)25-17-12-14(8-9-15(16)17)20(5-2)6-3/h4,8-9,12-13H,1,5-7,10-11H2,2-3H3. The maximum atomic E-state index is 11.8. The fourth-order valence-corrected chi connectivity index (χ4v) is 2.50. The van der Waals surface area contributed by atoms with Gasteiger partial charge in [-0.15, -0.1) is 0 Å².